The summed E-state index contributed by atoms with van der Waals surface area (Å²) in [5, 5.41) is 4.81. The van der Waals surface area contributed by atoms with Gasteiger partial charge >= 0.3 is 0 Å². The van der Waals surface area contributed by atoms with Crippen molar-refractivity contribution < 1.29 is 0 Å². The van der Waals surface area contributed by atoms with Crippen molar-refractivity contribution in [2.24, 2.45) is 11.8 Å². The molecule has 2 atom stereocenters. The van der Waals surface area contributed by atoms with Crippen molar-refractivity contribution in [2.45, 2.75) is 32.6 Å². The van der Waals surface area contributed by atoms with Crippen LogP contribution in [0.4, 0.5) is 5.69 Å². The summed E-state index contributed by atoms with van der Waals surface area (Å²) in [6, 6.07) is 10.6. The summed E-state index contributed by atoms with van der Waals surface area (Å²) in [6.45, 7) is 3.49. The lowest BCUT2D eigenvalue weighted by Crippen LogP contribution is -2.20. The van der Waals surface area contributed by atoms with Gasteiger partial charge in [-0.05, 0) is 48.9 Å². The quantitative estimate of drug-likeness (QED) is 0.874. The molecular formula is C17H22N2. The normalized spacial score (nSPS) is 23.4. The molecule has 1 aromatic heterocycles. The van der Waals surface area contributed by atoms with Crippen molar-refractivity contribution >= 4 is 16.6 Å². The maximum absolute atomic E-state index is 4.35. The number of rotatable bonds is 3. The second-order valence-electron chi connectivity index (χ2n) is 5.93. The number of fused-ring (bicyclic) bond motifs is 1. The highest BCUT2D eigenvalue weighted by Crippen LogP contribution is 2.29. The molecule has 1 aromatic carbocycles. The van der Waals surface area contributed by atoms with Gasteiger partial charge in [-0.1, -0.05) is 25.8 Å². The summed E-state index contributed by atoms with van der Waals surface area (Å²) in [5.74, 6) is 1.75. The van der Waals surface area contributed by atoms with Crippen LogP contribution in [0.15, 0.2) is 36.5 Å². The Hall–Kier alpha value is -1.57. The number of aromatic nitrogens is 1. The Labute approximate surface area is 115 Å². The Balaban J connectivity index is 1.64. The molecule has 0 aliphatic heterocycles. The van der Waals surface area contributed by atoms with Gasteiger partial charge < -0.3 is 5.32 Å². The molecule has 0 spiro atoms. The van der Waals surface area contributed by atoms with Crippen LogP contribution >= 0.6 is 0 Å². The number of pyridine rings is 1. The van der Waals surface area contributed by atoms with Gasteiger partial charge in [0.1, 0.15) is 0 Å². The van der Waals surface area contributed by atoms with E-state index in [4.69, 9.17) is 0 Å². The SMILES string of the molecule is CC1CCCC(CNc2ccc3ncccc3c2)C1. The molecule has 1 aliphatic carbocycles. The maximum Gasteiger partial charge on any atom is 0.0703 e. The average Bonchev–Trinajstić information content (AvgIpc) is 2.45. The molecule has 1 saturated carbocycles. The minimum atomic E-state index is 0.841. The monoisotopic (exact) mass is 254 g/mol. The number of nitrogens with one attached hydrogen (secondary N) is 1. The number of hydrogen-bond acceptors (Lipinski definition) is 2. The molecule has 100 valence electrons. The highest BCUT2D eigenvalue weighted by molar-refractivity contribution is 5.82. The van der Waals surface area contributed by atoms with E-state index in [0.717, 1.165) is 23.9 Å². The van der Waals surface area contributed by atoms with Crippen molar-refractivity contribution in [1.82, 2.24) is 4.98 Å². The fraction of sp³-hybridized carbons (Fsp3) is 0.471. The lowest BCUT2D eigenvalue weighted by molar-refractivity contribution is 0.293. The van der Waals surface area contributed by atoms with E-state index in [1.54, 1.807) is 0 Å². The van der Waals surface area contributed by atoms with Crippen LogP contribution in [0, 0.1) is 11.8 Å². The molecular weight excluding hydrogens is 232 g/mol. The third kappa shape index (κ3) is 3.06. The number of benzene rings is 1. The topological polar surface area (TPSA) is 24.9 Å². The number of nitrogens with zero attached hydrogens (tertiary/aromatic N) is 1. The van der Waals surface area contributed by atoms with Crippen LogP contribution in [0.3, 0.4) is 0 Å². The zero-order valence-electron chi connectivity index (χ0n) is 11.6. The molecule has 0 amide bonds. The Morgan fingerprint density at radius 1 is 1.26 bits per heavy atom. The molecule has 0 saturated heterocycles. The largest absolute Gasteiger partial charge is 0.385 e. The summed E-state index contributed by atoms with van der Waals surface area (Å²) in [5.41, 5.74) is 2.29. The van der Waals surface area contributed by atoms with E-state index < -0.39 is 0 Å². The Bertz CT molecular complexity index is 550. The van der Waals surface area contributed by atoms with Crippen molar-refractivity contribution in [3.8, 4) is 0 Å². The van der Waals surface area contributed by atoms with E-state index in [2.05, 4.69) is 41.5 Å². The third-order valence-corrected chi connectivity index (χ3v) is 4.24. The van der Waals surface area contributed by atoms with Crippen LogP contribution in [0.2, 0.25) is 0 Å². The predicted molar refractivity (Wildman–Crippen MR) is 81.4 cm³/mol. The van der Waals surface area contributed by atoms with E-state index in [1.165, 1.54) is 36.8 Å². The van der Waals surface area contributed by atoms with E-state index in [1.807, 2.05) is 12.3 Å². The van der Waals surface area contributed by atoms with Gasteiger partial charge in [0, 0.05) is 23.8 Å². The molecule has 2 unspecified atom stereocenters. The molecule has 0 radical (unpaired) electrons. The van der Waals surface area contributed by atoms with Gasteiger partial charge in [0.05, 0.1) is 5.52 Å². The summed E-state index contributed by atoms with van der Waals surface area (Å²) < 4.78 is 0. The lowest BCUT2D eigenvalue weighted by Gasteiger charge is -2.27. The predicted octanol–water partition coefficient (Wildman–Crippen LogP) is 4.47. The number of hydrogen-bond donors (Lipinski definition) is 1. The van der Waals surface area contributed by atoms with E-state index >= 15 is 0 Å². The first kappa shape index (κ1) is 12.5. The smallest absolute Gasteiger partial charge is 0.0703 e. The van der Waals surface area contributed by atoms with Gasteiger partial charge in [0.25, 0.3) is 0 Å². The lowest BCUT2D eigenvalue weighted by atomic mass is 9.82. The first-order valence-corrected chi connectivity index (χ1v) is 7.40. The summed E-state index contributed by atoms with van der Waals surface area (Å²) in [6.07, 6.45) is 7.42. The van der Waals surface area contributed by atoms with Crippen LogP contribution in [0.5, 0.6) is 0 Å². The van der Waals surface area contributed by atoms with Gasteiger partial charge in [-0.2, -0.15) is 0 Å². The van der Waals surface area contributed by atoms with Gasteiger partial charge in [0.15, 0.2) is 0 Å². The Kier molecular flexibility index (Phi) is 3.67. The van der Waals surface area contributed by atoms with Gasteiger partial charge in [-0.25, -0.2) is 0 Å². The summed E-state index contributed by atoms with van der Waals surface area (Å²) in [7, 11) is 0. The molecule has 0 bridgehead atoms. The molecule has 3 rings (SSSR count). The maximum atomic E-state index is 4.35. The molecule has 2 nitrogen and oxygen atoms in total. The Morgan fingerprint density at radius 2 is 2.21 bits per heavy atom. The van der Waals surface area contributed by atoms with Crippen LogP contribution < -0.4 is 5.32 Å². The van der Waals surface area contributed by atoms with Crippen LogP contribution in [-0.2, 0) is 0 Å². The zero-order chi connectivity index (χ0) is 13.1. The standard InChI is InChI=1S/C17H22N2/c1-13-4-2-5-14(10-13)12-19-16-7-8-17-15(11-16)6-3-9-18-17/h3,6-9,11,13-14,19H,2,4-5,10,12H2,1H3. The van der Waals surface area contributed by atoms with E-state index in [-0.39, 0.29) is 0 Å². The molecule has 1 N–H and O–H groups in total. The minimum Gasteiger partial charge on any atom is -0.385 e. The first-order chi connectivity index (χ1) is 9.31. The number of anilines is 1. The van der Waals surface area contributed by atoms with Gasteiger partial charge in [-0.15, -0.1) is 0 Å². The first-order valence-electron chi connectivity index (χ1n) is 7.40. The summed E-state index contributed by atoms with van der Waals surface area (Å²) in [4.78, 5) is 4.35. The van der Waals surface area contributed by atoms with Crippen molar-refractivity contribution in [1.29, 1.82) is 0 Å². The summed E-state index contributed by atoms with van der Waals surface area (Å²) >= 11 is 0. The van der Waals surface area contributed by atoms with Gasteiger partial charge in [0.2, 0.25) is 0 Å². The third-order valence-electron chi connectivity index (χ3n) is 4.24. The fourth-order valence-corrected chi connectivity index (χ4v) is 3.19. The van der Waals surface area contributed by atoms with Crippen molar-refractivity contribution in [2.75, 3.05) is 11.9 Å². The van der Waals surface area contributed by atoms with Crippen molar-refractivity contribution in [3.05, 3.63) is 36.5 Å². The van der Waals surface area contributed by atoms with Crippen LogP contribution in [0.1, 0.15) is 32.6 Å². The molecule has 1 heterocycles. The van der Waals surface area contributed by atoms with Crippen molar-refractivity contribution in [3.63, 3.8) is 0 Å². The average molecular weight is 254 g/mol. The minimum absolute atomic E-state index is 0.841. The fourth-order valence-electron chi connectivity index (χ4n) is 3.19. The van der Waals surface area contributed by atoms with Gasteiger partial charge in [-0.3, -0.25) is 4.98 Å². The molecule has 1 aliphatic rings. The molecule has 2 aromatic rings. The molecule has 1 fully saturated rings. The highest BCUT2D eigenvalue weighted by Gasteiger charge is 2.18. The zero-order valence-corrected chi connectivity index (χ0v) is 11.6. The second kappa shape index (κ2) is 5.60. The highest BCUT2D eigenvalue weighted by atomic mass is 14.9. The van der Waals surface area contributed by atoms with Crippen LogP contribution in [-0.4, -0.2) is 11.5 Å². The molecule has 2 heteroatoms. The molecule has 19 heavy (non-hydrogen) atoms. The second-order valence-corrected chi connectivity index (χ2v) is 5.93. The van der Waals surface area contributed by atoms with E-state index in [9.17, 15) is 0 Å². The van der Waals surface area contributed by atoms with E-state index in [0.29, 0.717) is 0 Å². The van der Waals surface area contributed by atoms with Crippen LogP contribution in [0.25, 0.3) is 10.9 Å². The Morgan fingerprint density at radius 3 is 3.11 bits per heavy atom.